The highest BCUT2D eigenvalue weighted by molar-refractivity contribution is 5.82. The van der Waals surface area contributed by atoms with Crippen LogP contribution in [0.5, 0.6) is 0 Å². The summed E-state index contributed by atoms with van der Waals surface area (Å²) in [5.41, 5.74) is 9.68. The van der Waals surface area contributed by atoms with Gasteiger partial charge in [-0.25, -0.2) is 0 Å². The van der Waals surface area contributed by atoms with E-state index in [-0.39, 0.29) is 0 Å². The lowest BCUT2D eigenvalue weighted by atomic mass is 9.91. The molecule has 1 aliphatic carbocycles. The molecule has 18 heavy (non-hydrogen) atoms. The number of allylic oxidation sites excluding steroid dienone is 1. The summed E-state index contributed by atoms with van der Waals surface area (Å²) < 4.78 is 0. The fourth-order valence-electron chi connectivity index (χ4n) is 2.95. The lowest BCUT2D eigenvalue weighted by molar-refractivity contribution is 1.29. The summed E-state index contributed by atoms with van der Waals surface area (Å²) in [6.07, 6.45) is 5.61. The average Bonchev–Trinajstić information content (AvgIpc) is 2.75. The van der Waals surface area contributed by atoms with Gasteiger partial charge in [0, 0.05) is 0 Å². The third-order valence-corrected chi connectivity index (χ3v) is 3.68. The first kappa shape index (κ1) is 11.3. The van der Waals surface area contributed by atoms with Crippen molar-refractivity contribution in [2.45, 2.75) is 27.2 Å². The summed E-state index contributed by atoms with van der Waals surface area (Å²) in [5.74, 6) is 0. The fourth-order valence-corrected chi connectivity index (χ4v) is 2.95. The molecule has 0 heterocycles. The summed E-state index contributed by atoms with van der Waals surface area (Å²) in [4.78, 5) is 0. The molecule has 0 saturated heterocycles. The third kappa shape index (κ3) is 1.78. The highest BCUT2D eigenvalue weighted by Gasteiger charge is 2.14. The Morgan fingerprint density at radius 3 is 2.33 bits per heavy atom. The lowest BCUT2D eigenvalue weighted by Gasteiger charge is -2.13. The Bertz CT molecular complexity index is 625. The Morgan fingerprint density at radius 2 is 1.61 bits per heavy atom. The third-order valence-electron chi connectivity index (χ3n) is 3.68. The molecular formula is C18H18. The Morgan fingerprint density at radius 1 is 0.889 bits per heavy atom. The molecule has 3 rings (SSSR count). The predicted octanol–water partition coefficient (Wildman–Crippen LogP) is 4.85. The molecule has 0 bridgehead atoms. The van der Waals surface area contributed by atoms with Crippen LogP contribution in [0.2, 0.25) is 0 Å². The zero-order valence-electron chi connectivity index (χ0n) is 11.2. The first-order chi connectivity index (χ1) is 8.65. The Kier molecular flexibility index (Phi) is 2.59. The van der Waals surface area contributed by atoms with Crippen LogP contribution < -0.4 is 0 Å². The fraction of sp³-hybridized carbons (Fsp3) is 0.222. The first-order valence-electron chi connectivity index (χ1n) is 6.53. The number of hydrogen-bond donors (Lipinski definition) is 0. The van der Waals surface area contributed by atoms with E-state index in [0.29, 0.717) is 0 Å². The standard InChI is InChI=1S/C18H18/c1-12-9-13(2)11-16(10-12)18-14(3)7-8-15-5-4-6-17(15)18/h4,6-11H,5H2,1-3H3. The molecule has 2 aromatic rings. The van der Waals surface area contributed by atoms with Crippen molar-refractivity contribution in [3.8, 4) is 11.1 Å². The predicted molar refractivity (Wildman–Crippen MR) is 78.8 cm³/mol. The normalized spacial score (nSPS) is 12.8. The zero-order valence-corrected chi connectivity index (χ0v) is 11.2. The minimum Gasteiger partial charge on any atom is -0.0795 e. The molecular weight excluding hydrogens is 216 g/mol. The van der Waals surface area contributed by atoms with E-state index in [4.69, 9.17) is 0 Å². The van der Waals surface area contributed by atoms with Crippen molar-refractivity contribution in [2.24, 2.45) is 0 Å². The van der Waals surface area contributed by atoms with Gasteiger partial charge in [0.05, 0.1) is 0 Å². The number of fused-ring (bicyclic) bond motifs is 1. The van der Waals surface area contributed by atoms with Crippen molar-refractivity contribution < 1.29 is 0 Å². The van der Waals surface area contributed by atoms with Gasteiger partial charge in [-0.1, -0.05) is 53.6 Å². The van der Waals surface area contributed by atoms with Crippen molar-refractivity contribution in [3.05, 3.63) is 64.2 Å². The number of benzene rings is 2. The molecule has 0 heteroatoms. The molecule has 0 radical (unpaired) electrons. The molecule has 0 unspecified atom stereocenters. The number of hydrogen-bond acceptors (Lipinski definition) is 0. The minimum absolute atomic E-state index is 1.08. The summed E-state index contributed by atoms with van der Waals surface area (Å²) in [6.45, 7) is 6.55. The molecule has 0 aromatic heterocycles. The van der Waals surface area contributed by atoms with E-state index in [1.165, 1.54) is 38.9 Å². The number of aryl methyl sites for hydroxylation is 3. The Labute approximate surface area is 109 Å². The molecule has 0 N–H and O–H groups in total. The van der Waals surface area contributed by atoms with E-state index < -0.39 is 0 Å². The van der Waals surface area contributed by atoms with Crippen LogP contribution in [0.4, 0.5) is 0 Å². The van der Waals surface area contributed by atoms with Gasteiger partial charge in [0.2, 0.25) is 0 Å². The topological polar surface area (TPSA) is 0 Å². The van der Waals surface area contributed by atoms with Crippen molar-refractivity contribution >= 4 is 6.08 Å². The second-order valence-electron chi connectivity index (χ2n) is 5.31. The van der Waals surface area contributed by atoms with Crippen LogP contribution in [0.15, 0.2) is 36.4 Å². The summed E-state index contributed by atoms with van der Waals surface area (Å²) in [5, 5.41) is 0. The molecule has 0 amide bonds. The van der Waals surface area contributed by atoms with Gasteiger partial charge in [0.15, 0.2) is 0 Å². The van der Waals surface area contributed by atoms with Crippen LogP contribution in [0.25, 0.3) is 17.2 Å². The molecule has 0 aliphatic heterocycles. The monoisotopic (exact) mass is 234 g/mol. The molecule has 2 aromatic carbocycles. The summed E-state index contributed by atoms with van der Waals surface area (Å²) >= 11 is 0. The van der Waals surface area contributed by atoms with Crippen LogP contribution in [0.1, 0.15) is 27.8 Å². The molecule has 90 valence electrons. The maximum Gasteiger partial charge on any atom is -0.00792 e. The molecule has 0 spiro atoms. The van der Waals surface area contributed by atoms with E-state index in [0.717, 1.165) is 6.42 Å². The van der Waals surface area contributed by atoms with Crippen LogP contribution >= 0.6 is 0 Å². The molecule has 0 nitrogen and oxygen atoms in total. The average molecular weight is 234 g/mol. The van der Waals surface area contributed by atoms with Crippen LogP contribution in [0, 0.1) is 20.8 Å². The van der Waals surface area contributed by atoms with Crippen molar-refractivity contribution in [1.82, 2.24) is 0 Å². The van der Waals surface area contributed by atoms with Crippen LogP contribution in [-0.4, -0.2) is 0 Å². The quantitative estimate of drug-likeness (QED) is 0.661. The van der Waals surface area contributed by atoms with Gasteiger partial charge in [0.25, 0.3) is 0 Å². The van der Waals surface area contributed by atoms with Gasteiger partial charge in [0.1, 0.15) is 0 Å². The van der Waals surface area contributed by atoms with Crippen LogP contribution in [0.3, 0.4) is 0 Å². The Hall–Kier alpha value is -1.82. The van der Waals surface area contributed by atoms with Gasteiger partial charge >= 0.3 is 0 Å². The van der Waals surface area contributed by atoms with E-state index >= 15 is 0 Å². The first-order valence-corrected chi connectivity index (χ1v) is 6.53. The molecule has 1 aliphatic rings. The SMILES string of the molecule is Cc1cc(C)cc(-c2c(C)ccc3c2C=CC3)c1. The van der Waals surface area contributed by atoms with Gasteiger partial charge < -0.3 is 0 Å². The second-order valence-corrected chi connectivity index (χ2v) is 5.31. The van der Waals surface area contributed by atoms with Gasteiger partial charge in [-0.05, 0) is 55.0 Å². The Balaban J connectivity index is 2.29. The maximum atomic E-state index is 2.29. The molecule has 0 fully saturated rings. The van der Waals surface area contributed by atoms with Crippen molar-refractivity contribution in [1.29, 1.82) is 0 Å². The summed E-state index contributed by atoms with van der Waals surface area (Å²) in [6, 6.07) is 11.3. The van der Waals surface area contributed by atoms with E-state index in [1.54, 1.807) is 0 Å². The minimum atomic E-state index is 1.08. The van der Waals surface area contributed by atoms with E-state index in [2.05, 4.69) is 63.3 Å². The van der Waals surface area contributed by atoms with Gasteiger partial charge in [-0.2, -0.15) is 0 Å². The van der Waals surface area contributed by atoms with Gasteiger partial charge in [-0.15, -0.1) is 0 Å². The molecule has 0 atom stereocenters. The van der Waals surface area contributed by atoms with E-state index in [9.17, 15) is 0 Å². The van der Waals surface area contributed by atoms with E-state index in [1.807, 2.05) is 0 Å². The maximum absolute atomic E-state index is 2.29. The van der Waals surface area contributed by atoms with Crippen molar-refractivity contribution in [3.63, 3.8) is 0 Å². The van der Waals surface area contributed by atoms with Crippen LogP contribution in [-0.2, 0) is 6.42 Å². The number of rotatable bonds is 1. The highest BCUT2D eigenvalue weighted by atomic mass is 14.2. The lowest BCUT2D eigenvalue weighted by Crippen LogP contribution is -1.92. The van der Waals surface area contributed by atoms with Crippen molar-refractivity contribution in [2.75, 3.05) is 0 Å². The summed E-state index contributed by atoms with van der Waals surface area (Å²) in [7, 11) is 0. The van der Waals surface area contributed by atoms with Gasteiger partial charge in [-0.3, -0.25) is 0 Å². The zero-order chi connectivity index (χ0) is 12.7. The second kappa shape index (κ2) is 4.13. The smallest absolute Gasteiger partial charge is 0.00792 e. The highest BCUT2D eigenvalue weighted by Crippen LogP contribution is 2.34. The largest absolute Gasteiger partial charge is 0.0795 e. The molecule has 0 saturated carbocycles.